The van der Waals surface area contributed by atoms with Gasteiger partial charge in [0.2, 0.25) is 5.89 Å². The van der Waals surface area contributed by atoms with Crippen LogP contribution in [0.5, 0.6) is 5.75 Å². The van der Waals surface area contributed by atoms with Crippen LogP contribution in [0.3, 0.4) is 0 Å². The second kappa shape index (κ2) is 4.81. The van der Waals surface area contributed by atoms with Gasteiger partial charge in [-0.2, -0.15) is 0 Å². The lowest BCUT2D eigenvalue weighted by Gasteiger charge is -1.96. The molecule has 0 aliphatic heterocycles. The topological polar surface area (TPSA) is 58.3 Å². The summed E-state index contributed by atoms with van der Waals surface area (Å²) in [4.78, 5) is 4.34. The molecule has 4 nitrogen and oxygen atoms in total. The average Bonchev–Trinajstić information content (AvgIpc) is 2.75. The molecule has 0 unspecified atom stereocenters. The third-order valence-corrected chi connectivity index (χ3v) is 2.28. The predicted molar refractivity (Wildman–Crippen MR) is 61.2 cm³/mol. The van der Waals surface area contributed by atoms with Gasteiger partial charge < -0.3 is 14.8 Å². The molecule has 0 aliphatic rings. The number of aromatic hydroxyl groups is 1. The molecule has 0 aliphatic carbocycles. The molecular weight excluding hydrogens is 204 g/mol. The normalized spacial score (nSPS) is 10.6. The molecule has 2 rings (SSSR count). The Bertz CT molecular complexity index is 466. The SMILES string of the molecule is CNCCc1coc(-c2cccc(O)c2)n1. The second-order valence-electron chi connectivity index (χ2n) is 3.55. The molecule has 2 aromatic rings. The molecule has 84 valence electrons. The van der Waals surface area contributed by atoms with Crippen molar-refractivity contribution in [2.75, 3.05) is 13.6 Å². The van der Waals surface area contributed by atoms with Crippen LogP contribution in [0.2, 0.25) is 0 Å². The van der Waals surface area contributed by atoms with Gasteiger partial charge in [0.25, 0.3) is 0 Å². The van der Waals surface area contributed by atoms with Gasteiger partial charge in [-0.25, -0.2) is 4.98 Å². The Labute approximate surface area is 93.9 Å². The van der Waals surface area contributed by atoms with E-state index in [1.165, 1.54) is 0 Å². The number of aromatic nitrogens is 1. The predicted octanol–water partition coefficient (Wildman–Crippen LogP) is 1.81. The van der Waals surface area contributed by atoms with Gasteiger partial charge in [-0.15, -0.1) is 0 Å². The standard InChI is InChI=1S/C12H14N2O2/c1-13-6-5-10-8-16-12(14-10)9-3-2-4-11(15)7-9/h2-4,7-8,13,15H,5-6H2,1H3. The van der Waals surface area contributed by atoms with E-state index in [0.29, 0.717) is 5.89 Å². The van der Waals surface area contributed by atoms with Gasteiger partial charge in [0.05, 0.1) is 5.69 Å². The van der Waals surface area contributed by atoms with Crippen molar-refractivity contribution in [1.82, 2.24) is 10.3 Å². The fraction of sp³-hybridized carbons (Fsp3) is 0.250. The number of nitrogens with zero attached hydrogens (tertiary/aromatic N) is 1. The van der Waals surface area contributed by atoms with Crippen LogP contribution >= 0.6 is 0 Å². The third-order valence-electron chi connectivity index (χ3n) is 2.28. The molecule has 0 fully saturated rings. The number of hydrogen-bond acceptors (Lipinski definition) is 4. The first-order valence-corrected chi connectivity index (χ1v) is 5.18. The summed E-state index contributed by atoms with van der Waals surface area (Å²) in [6.07, 6.45) is 2.48. The molecule has 0 saturated heterocycles. The van der Waals surface area contributed by atoms with E-state index < -0.39 is 0 Å². The molecule has 0 spiro atoms. The number of nitrogens with one attached hydrogen (secondary N) is 1. The molecule has 0 atom stereocenters. The van der Waals surface area contributed by atoms with Crippen LogP contribution in [0.1, 0.15) is 5.69 Å². The number of likely N-dealkylation sites (N-methyl/N-ethyl adjacent to an activating group) is 1. The van der Waals surface area contributed by atoms with Crippen molar-refractivity contribution in [3.63, 3.8) is 0 Å². The Hall–Kier alpha value is -1.81. The molecule has 1 aromatic carbocycles. The van der Waals surface area contributed by atoms with E-state index in [-0.39, 0.29) is 5.75 Å². The lowest BCUT2D eigenvalue weighted by atomic mass is 10.2. The summed E-state index contributed by atoms with van der Waals surface area (Å²) in [5.74, 6) is 0.759. The zero-order valence-electron chi connectivity index (χ0n) is 9.10. The fourth-order valence-corrected chi connectivity index (χ4v) is 1.45. The molecule has 4 heteroatoms. The summed E-state index contributed by atoms with van der Waals surface area (Å²) < 4.78 is 5.35. The Kier molecular flexibility index (Phi) is 3.22. The molecule has 0 saturated carbocycles. The zero-order valence-corrected chi connectivity index (χ0v) is 9.10. The van der Waals surface area contributed by atoms with Crippen molar-refractivity contribution >= 4 is 0 Å². The fourth-order valence-electron chi connectivity index (χ4n) is 1.45. The number of rotatable bonds is 4. The number of oxazole rings is 1. The summed E-state index contributed by atoms with van der Waals surface area (Å²) in [6, 6.07) is 6.87. The van der Waals surface area contributed by atoms with E-state index in [2.05, 4.69) is 10.3 Å². The van der Waals surface area contributed by atoms with E-state index in [4.69, 9.17) is 4.42 Å². The average molecular weight is 218 g/mol. The lowest BCUT2D eigenvalue weighted by Crippen LogP contribution is -2.10. The molecule has 0 amide bonds. The van der Waals surface area contributed by atoms with Crippen molar-refractivity contribution in [2.24, 2.45) is 0 Å². The second-order valence-corrected chi connectivity index (χ2v) is 3.55. The molecule has 2 N–H and O–H groups in total. The minimum Gasteiger partial charge on any atom is -0.508 e. The van der Waals surface area contributed by atoms with Crippen molar-refractivity contribution in [2.45, 2.75) is 6.42 Å². The van der Waals surface area contributed by atoms with E-state index in [9.17, 15) is 5.11 Å². The number of hydrogen-bond donors (Lipinski definition) is 2. The highest BCUT2D eigenvalue weighted by atomic mass is 16.3. The summed E-state index contributed by atoms with van der Waals surface area (Å²) >= 11 is 0. The summed E-state index contributed by atoms with van der Waals surface area (Å²) in [5, 5.41) is 12.4. The Morgan fingerprint density at radius 1 is 1.44 bits per heavy atom. The molecule has 1 heterocycles. The van der Waals surface area contributed by atoms with Gasteiger partial charge in [0, 0.05) is 18.5 Å². The third kappa shape index (κ3) is 2.41. The molecular formula is C12H14N2O2. The zero-order chi connectivity index (χ0) is 11.4. The van der Waals surface area contributed by atoms with E-state index in [1.807, 2.05) is 13.1 Å². The maximum Gasteiger partial charge on any atom is 0.226 e. The maximum atomic E-state index is 9.34. The summed E-state index contributed by atoms with van der Waals surface area (Å²) in [5.41, 5.74) is 1.70. The monoisotopic (exact) mass is 218 g/mol. The largest absolute Gasteiger partial charge is 0.508 e. The Balaban J connectivity index is 2.18. The Morgan fingerprint density at radius 2 is 2.31 bits per heavy atom. The number of phenols is 1. The van der Waals surface area contributed by atoms with Gasteiger partial charge in [-0.3, -0.25) is 0 Å². The first-order chi connectivity index (χ1) is 7.79. The highest BCUT2D eigenvalue weighted by Crippen LogP contribution is 2.22. The summed E-state index contributed by atoms with van der Waals surface area (Å²) in [6.45, 7) is 0.867. The Morgan fingerprint density at radius 3 is 3.06 bits per heavy atom. The summed E-state index contributed by atoms with van der Waals surface area (Å²) in [7, 11) is 1.90. The van der Waals surface area contributed by atoms with E-state index in [0.717, 1.165) is 24.2 Å². The minimum atomic E-state index is 0.215. The highest BCUT2D eigenvalue weighted by molar-refractivity contribution is 5.55. The van der Waals surface area contributed by atoms with Crippen molar-refractivity contribution in [3.8, 4) is 17.2 Å². The van der Waals surface area contributed by atoms with Crippen LogP contribution < -0.4 is 5.32 Å². The lowest BCUT2D eigenvalue weighted by molar-refractivity contribution is 0.475. The first-order valence-electron chi connectivity index (χ1n) is 5.18. The van der Waals surface area contributed by atoms with Gasteiger partial charge in [0.1, 0.15) is 12.0 Å². The van der Waals surface area contributed by atoms with Crippen LogP contribution in [-0.4, -0.2) is 23.7 Å². The molecule has 0 radical (unpaired) electrons. The maximum absolute atomic E-state index is 9.34. The molecule has 1 aromatic heterocycles. The van der Waals surface area contributed by atoms with Gasteiger partial charge in [-0.05, 0) is 25.2 Å². The van der Waals surface area contributed by atoms with Crippen LogP contribution in [-0.2, 0) is 6.42 Å². The van der Waals surface area contributed by atoms with Crippen LogP contribution in [0, 0.1) is 0 Å². The van der Waals surface area contributed by atoms with Crippen LogP contribution in [0.4, 0.5) is 0 Å². The smallest absolute Gasteiger partial charge is 0.226 e. The number of phenolic OH excluding ortho intramolecular Hbond substituents is 1. The first kappa shape index (κ1) is 10.7. The van der Waals surface area contributed by atoms with Gasteiger partial charge in [-0.1, -0.05) is 6.07 Å². The molecule has 16 heavy (non-hydrogen) atoms. The van der Waals surface area contributed by atoms with E-state index >= 15 is 0 Å². The van der Waals surface area contributed by atoms with Crippen molar-refractivity contribution in [1.29, 1.82) is 0 Å². The van der Waals surface area contributed by atoms with Crippen molar-refractivity contribution < 1.29 is 9.52 Å². The van der Waals surface area contributed by atoms with Gasteiger partial charge >= 0.3 is 0 Å². The van der Waals surface area contributed by atoms with Crippen LogP contribution in [0.15, 0.2) is 34.9 Å². The van der Waals surface area contributed by atoms with Crippen LogP contribution in [0.25, 0.3) is 11.5 Å². The number of benzene rings is 1. The van der Waals surface area contributed by atoms with E-state index in [1.54, 1.807) is 24.5 Å². The highest BCUT2D eigenvalue weighted by Gasteiger charge is 2.06. The van der Waals surface area contributed by atoms with Crippen molar-refractivity contribution in [3.05, 3.63) is 36.2 Å². The minimum absolute atomic E-state index is 0.215. The molecule has 0 bridgehead atoms. The quantitative estimate of drug-likeness (QED) is 0.821. The van der Waals surface area contributed by atoms with Gasteiger partial charge in [0.15, 0.2) is 0 Å².